The molecule has 0 aromatic heterocycles. The van der Waals surface area contributed by atoms with E-state index in [9.17, 15) is 9.46 Å². The minimum atomic E-state index is -3.99. The first kappa shape index (κ1) is 13.3. The second-order valence-electron chi connectivity index (χ2n) is 4.13. The summed E-state index contributed by atoms with van der Waals surface area (Å²) in [5, 5.41) is 0. The van der Waals surface area contributed by atoms with Gasteiger partial charge >= 0.3 is 0 Å². The molecule has 0 saturated carbocycles. The third kappa shape index (κ3) is 8.65. The summed E-state index contributed by atoms with van der Waals surface area (Å²) < 4.78 is 19.5. The van der Waals surface area contributed by atoms with E-state index in [1.165, 1.54) is 0 Å². The lowest BCUT2D eigenvalue weighted by atomic mass is 10.5. The Balaban J connectivity index is 3.53. The van der Waals surface area contributed by atoms with Crippen LogP contribution in [0.1, 0.15) is 6.42 Å². The Hall–Kier alpha value is 0.327. The standard InChI is InChI=1S/C7H19O4PSi/c1-10-12(8,9)11-6-5-7-13(2,3)4/h5-7H2,1-4H3,(H,8,9)/p-1. The van der Waals surface area contributed by atoms with E-state index in [0.717, 1.165) is 19.6 Å². The Labute approximate surface area is 80.9 Å². The molecule has 0 aromatic carbocycles. The molecular formula is C7H18O4PSi-. The molecule has 13 heavy (non-hydrogen) atoms. The molecular weight excluding hydrogens is 207 g/mol. The van der Waals surface area contributed by atoms with E-state index in [4.69, 9.17) is 0 Å². The van der Waals surface area contributed by atoms with Gasteiger partial charge < -0.3 is 13.9 Å². The summed E-state index contributed by atoms with van der Waals surface area (Å²) in [5.41, 5.74) is 0. The van der Waals surface area contributed by atoms with Crippen LogP contribution in [0.2, 0.25) is 25.7 Å². The molecule has 1 unspecified atom stereocenters. The summed E-state index contributed by atoms with van der Waals surface area (Å²) in [6, 6.07) is 1.07. The Morgan fingerprint density at radius 2 is 1.92 bits per heavy atom. The number of rotatable bonds is 6. The molecule has 0 aliphatic heterocycles. The van der Waals surface area contributed by atoms with Gasteiger partial charge in [0.1, 0.15) is 0 Å². The second kappa shape index (κ2) is 5.27. The van der Waals surface area contributed by atoms with E-state index in [-0.39, 0.29) is 6.61 Å². The molecule has 0 spiro atoms. The summed E-state index contributed by atoms with van der Waals surface area (Å²) >= 11 is 0. The van der Waals surface area contributed by atoms with Crippen LogP contribution in [-0.4, -0.2) is 21.8 Å². The highest BCUT2D eigenvalue weighted by Gasteiger charge is 2.13. The molecule has 0 radical (unpaired) electrons. The Morgan fingerprint density at radius 3 is 2.31 bits per heavy atom. The SMILES string of the molecule is COP(=O)([O-])OCCC[Si](C)(C)C. The van der Waals surface area contributed by atoms with Crippen molar-refractivity contribution in [3.05, 3.63) is 0 Å². The first-order valence-electron chi connectivity index (χ1n) is 4.28. The van der Waals surface area contributed by atoms with Gasteiger partial charge in [0, 0.05) is 15.2 Å². The van der Waals surface area contributed by atoms with Crippen molar-refractivity contribution < 1.29 is 18.5 Å². The molecule has 80 valence electrons. The number of hydrogen-bond acceptors (Lipinski definition) is 4. The highest BCUT2D eigenvalue weighted by atomic mass is 31.2. The predicted octanol–water partition coefficient (Wildman–Crippen LogP) is 1.85. The van der Waals surface area contributed by atoms with Crippen molar-refractivity contribution in [2.75, 3.05) is 13.7 Å². The topological polar surface area (TPSA) is 58.6 Å². The zero-order valence-electron chi connectivity index (χ0n) is 8.70. The molecule has 0 rings (SSSR count). The first-order chi connectivity index (χ1) is 5.77. The molecule has 0 amide bonds. The molecule has 1 atom stereocenters. The van der Waals surface area contributed by atoms with Crippen molar-refractivity contribution in [3.8, 4) is 0 Å². The average Bonchev–Trinajstić information content (AvgIpc) is 1.97. The number of phosphoric ester groups is 1. The maximum atomic E-state index is 10.7. The van der Waals surface area contributed by atoms with E-state index in [0.29, 0.717) is 0 Å². The summed E-state index contributed by atoms with van der Waals surface area (Å²) in [6.07, 6.45) is 0.783. The highest BCUT2D eigenvalue weighted by Crippen LogP contribution is 2.36. The lowest BCUT2D eigenvalue weighted by molar-refractivity contribution is -0.222. The van der Waals surface area contributed by atoms with Crippen molar-refractivity contribution in [1.82, 2.24) is 0 Å². The molecule has 0 bridgehead atoms. The van der Waals surface area contributed by atoms with E-state index >= 15 is 0 Å². The maximum Gasteiger partial charge on any atom is 0.267 e. The van der Waals surface area contributed by atoms with Crippen LogP contribution in [0.15, 0.2) is 0 Å². The van der Waals surface area contributed by atoms with Gasteiger partial charge in [-0.1, -0.05) is 25.7 Å². The minimum absolute atomic E-state index is 0.235. The Morgan fingerprint density at radius 1 is 1.38 bits per heavy atom. The fourth-order valence-electron chi connectivity index (χ4n) is 0.832. The monoisotopic (exact) mass is 225 g/mol. The summed E-state index contributed by atoms with van der Waals surface area (Å²) in [7, 11) is -3.96. The molecule has 0 aliphatic rings. The molecule has 0 aliphatic carbocycles. The van der Waals surface area contributed by atoms with Gasteiger partial charge in [-0.2, -0.15) is 0 Å². The van der Waals surface area contributed by atoms with E-state index in [2.05, 4.69) is 28.7 Å². The number of phosphoric acid groups is 1. The zero-order valence-corrected chi connectivity index (χ0v) is 10.6. The van der Waals surface area contributed by atoms with Crippen molar-refractivity contribution in [2.24, 2.45) is 0 Å². The minimum Gasteiger partial charge on any atom is -0.756 e. The van der Waals surface area contributed by atoms with Crippen molar-refractivity contribution in [2.45, 2.75) is 32.1 Å². The Bertz CT molecular complexity index is 189. The predicted molar refractivity (Wildman–Crippen MR) is 53.3 cm³/mol. The van der Waals surface area contributed by atoms with Crippen LogP contribution in [0, 0.1) is 0 Å². The van der Waals surface area contributed by atoms with Crippen LogP contribution in [0.4, 0.5) is 0 Å². The van der Waals surface area contributed by atoms with Crippen LogP contribution < -0.4 is 4.89 Å². The highest BCUT2D eigenvalue weighted by molar-refractivity contribution is 7.45. The smallest absolute Gasteiger partial charge is 0.267 e. The number of hydrogen-bond donors (Lipinski definition) is 0. The summed E-state index contributed by atoms with van der Waals surface area (Å²) in [5.74, 6) is 0. The van der Waals surface area contributed by atoms with Gasteiger partial charge in [-0.25, -0.2) is 0 Å². The van der Waals surface area contributed by atoms with Gasteiger partial charge in [0.2, 0.25) is 0 Å². The lowest BCUT2D eigenvalue weighted by Crippen LogP contribution is -2.19. The van der Waals surface area contributed by atoms with Gasteiger partial charge in [-0.05, 0) is 6.42 Å². The average molecular weight is 225 g/mol. The van der Waals surface area contributed by atoms with Crippen LogP contribution >= 0.6 is 7.82 Å². The first-order valence-corrected chi connectivity index (χ1v) is 9.45. The van der Waals surface area contributed by atoms with E-state index < -0.39 is 15.9 Å². The lowest BCUT2D eigenvalue weighted by Gasteiger charge is -2.21. The molecule has 0 N–H and O–H groups in total. The van der Waals surface area contributed by atoms with Crippen LogP contribution in [0.3, 0.4) is 0 Å². The largest absolute Gasteiger partial charge is 0.756 e. The van der Waals surface area contributed by atoms with Crippen LogP contribution in [0.25, 0.3) is 0 Å². The Kier molecular flexibility index (Phi) is 5.40. The fourth-order valence-corrected chi connectivity index (χ4v) is 2.49. The van der Waals surface area contributed by atoms with Gasteiger partial charge in [0.05, 0.1) is 6.61 Å². The van der Waals surface area contributed by atoms with Gasteiger partial charge in [-0.3, -0.25) is 4.57 Å². The summed E-state index contributed by atoms with van der Waals surface area (Å²) in [6.45, 7) is 6.94. The van der Waals surface area contributed by atoms with E-state index in [1.54, 1.807) is 0 Å². The second-order valence-corrected chi connectivity index (χ2v) is 11.3. The molecule has 0 aromatic rings. The molecule has 0 fully saturated rings. The molecule has 4 nitrogen and oxygen atoms in total. The fraction of sp³-hybridized carbons (Fsp3) is 1.00. The normalized spacial score (nSPS) is 17.0. The van der Waals surface area contributed by atoms with Gasteiger partial charge in [0.15, 0.2) is 0 Å². The van der Waals surface area contributed by atoms with Crippen LogP contribution in [0.5, 0.6) is 0 Å². The molecule has 0 saturated heterocycles. The maximum absolute atomic E-state index is 10.7. The zero-order chi connectivity index (χ0) is 10.5. The van der Waals surface area contributed by atoms with Gasteiger partial charge in [-0.15, -0.1) is 0 Å². The van der Waals surface area contributed by atoms with Crippen LogP contribution in [-0.2, 0) is 13.6 Å². The van der Waals surface area contributed by atoms with Crippen molar-refractivity contribution in [1.29, 1.82) is 0 Å². The van der Waals surface area contributed by atoms with Crippen molar-refractivity contribution >= 4 is 15.9 Å². The van der Waals surface area contributed by atoms with E-state index in [1.807, 2.05) is 0 Å². The third-order valence-electron chi connectivity index (χ3n) is 1.54. The quantitative estimate of drug-likeness (QED) is 0.393. The molecule has 0 heterocycles. The van der Waals surface area contributed by atoms with Crippen molar-refractivity contribution in [3.63, 3.8) is 0 Å². The third-order valence-corrected chi connectivity index (χ3v) is 4.34. The van der Waals surface area contributed by atoms with Gasteiger partial charge in [0.25, 0.3) is 7.82 Å². The summed E-state index contributed by atoms with van der Waals surface area (Å²) in [4.78, 5) is 10.7. The molecule has 6 heteroatoms.